The number of fused-ring (bicyclic) bond motifs is 4. The number of rotatable bonds is 9. The molecule has 5 aromatic carbocycles. The molecule has 0 saturated carbocycles. The summed E-state index contributed by atoms with van der Waals surface area (Å²) in [6.07, 6.45) is -0.177. The van der Waals surface area contributed by atoms with Crippen LogP contribution in [0.3, 0.4) is 0 Å². The summed E-state index contributed by atoms with van der Waals surface area (Å²) in [5.74, 6) is 0.748. The summed E-state index contributed by atoms with van der Waals surface area (Å²) in [5.41, 5.74) is 1.49. The Labute approximate surface area is 319 Å². The van der Waals surface area contributed by atoms with E-state index >= 15 is 4.79 Å². The van der Waals surface area contributed by atoms with Crippen LogP contribution >= 0.6 is 0 Å². The third-order valence-electron chi connectivity index (χ3n) is 11.6. The predicted octanol–water partition coefficient (Wildman–Crippen LogP) is 7.83. The molecule has 1 fully saturated rings. The summed E-state index contributed by atoms with van der Waals surface area (Å²) in [4.78, 5) is 44.3. The molecule has 11 nitrogen and oxygen atoms in total. The molecular weight excluding hydrogens is 715 g/mol. The van der Waals surface area contributed by atoms with Crippen molar-refractivity contribution >= 4 is 47.8 Å². The average Bonchev–Trinajstić information content (AvgIpc) is 3.56. The number of aliphatic hydroxyl groups excluding tert-OH is 1. The van der Waals surface area contributed by atoms with E-state index in [-0.39, 0.29) is 36.2 Å². The molecule has 3 heterocycles. The van der Waals surface area contributed by atoms with Gasteiger partial charge in [0.2, 0.25) is 0 Å². The van der Waals surface area contributed by atoms with Gasteiger partial charge in [-0.1, -0.05) is 73.7 Å². The highest BCUT2D eigenvalue weighted by molar-refractivity contribution is 6.91. The normalized spacial score (nSPS) is 21.5. The summed E-state index contributed by atoms with van der Waals surface area (Å²) >= 11 is 0. The SMILES string of the molecule is COc1ccc([Si](C)(C)[C@@H]2[C@@H](CCO)O[C@]3(C(=O)N(Cc4cccc(N5C(=O)c6ccccc6Oc6ccccc65)c4)c4ccc([N+](=O)[O-])cc43)[C@H]2C)cc1. The molecule has 280 valence electrons. The van der Waals surface area contributed by atoms with E-state index in [0.717, 1.165) is 16.5 Å². The monoisotopic (exact) mass is 755 g/mol. The third-order valence-corrected chi connectivity index (χ3v) is 16.0. The highest BCUT2D eigenvalue weighted by Gasteiger charge is 2.66. The van der Waals surface area contributed by atoms with Crippen molar-refractivity contribution in [3.05, 3.63) is 142 Å². The fraction of sp³-hybridized carbons (Fsp3) is 0.256. The molecule has 0 aromatic heterocycles. The van der Waals surface area contributed by atoms with Crippen LogP contribution in [0.1, 0.15) is 34.8 Å². The number of amides is 2. The molecule has 8 rings (SSSR count). The number of para-hydroxylation sites is 3. The lowest BCUT2D eigenvalue weighted by Crippen LogP contribution is -2.51. The minimum atomic E-state index is -2.46. The topological polar surface area (TPSA) is 132 Å². The Morgan fingerprint density at radius 3 is 2.35 bits per heavy atom. The summed E-state index contributed by atoms with van der Waals surface area (Å²) in [6.45, 7) is 6.46. The molecular formula is C43H41N3O8Si. The van der Waals surface area contributed by atoms with Gasteiger partial charge in [-0.2, -0.15) is 0 Å². The molecule has 1 saturated heterocycles. The molecule has 2 amide bonds. The van der Waals surface area contributed by atoms with Crippen molar-refractivity contribution in [2.24, 2.45) is 5.92 Å². The quantitative estimate of drug-likeness (QED) is 0.0915. The first-order chi connectivity index (χ1) is 26.5. The van der Waals surface area contributed by atoms with Crippen LogP contribution in [0.15, 0.2) is 115 Å². The molecule has 3 aliphatic heterocycles. The molecule has 1 N–H and O–H groups in total. The van der Waals surface area contributed by atoms with E-state index in [4.69, 9.17) is 14.2 Å². The van der Waals surface area contributed by atoms with Gasteiger partial charge in [0, 0.05) is 35.9 Å². The maximum Gasteiger partial charge on any atom is 0.269 e. The first-order valence-electron chi connectivity index (χ1n) is 18.3. The molecule has 55 heavy (non-hydrogen) atoms. The molecule has 0 bridgehead atoms. The fourth-order valence-corrected chi connectivity index (χ4v) is 13.1. The largest absolute Gasteiger partial charge is 0.497 e. The Balaban J connectivity index is 1.20. The molecule has 4 atom stereocenters. The van der Waals surface area contributed by atoms with Gasteiger partial charge in [0.25, 0.3) is 17.5 Å². The number of aliphatic hydroxyl groups is 1. The smallest absolute Gasteiger partial charge is 0.269 e. The first kappa shape index (κ1) is 36.2. The van der Waals surface area contributed by atoms with E-state index in [1.165, 1.54) is 12.1 Å². The van der Waals surface area contributed by atoms with Gasteiger partial charge in [-0.05, 0) is 72.1 Å². The number of nitro groups is 1. The van der Waals surface area contributed by atoms with Crippen LogP contribution in [0.2, 0.25) is 18.6 Å². The predicted molar refractivity (Wildman–Crippen MR) is 211 cm³/mol. The van der Waals surface area contributed by atoms with Crippen LogP contribution in [-0.4, -0.2) is 49.7 Å². The van der Waals surface area contributed by atoms with Gasteiger partial charge in [-0.25, -0.2) is 0 Å². The van der Waals surface area contributed by atoms with Crippen molar-refractivity contribution in [1.82, 2.24) is 0 Å². The zero-order chi connectivity index (χ0) is 38.6. The van der Waals surface area contributed by atoms with Crippen LogP contribution in [0.5, 0.6) is 17.2 Å². The van der Waals surface area contributed by atoms with Crippen molar-refractivity contribution in [1.29, 1.82) is 0 Å². The number of non-ortho nitro benzene ring substituents is 1. The Morgan fingerprint density at radius 2 is 1.62 bits per heavy atom. The summed E-state index contributed by atoms with van der Waals surface area (Å²) in [5, 5.41) is 23.6. The summed E-state index contributed by atoms with van der Waals surface area (Å²) in [7, 11) is -0.835. The lowest BCUT2D eigenvalue weighted by Gasteiger charge is -2.37. The van der Waals surface area contributed by atoms with Crippen LogP contribution in [0.4, 0.5) is 22.7 Å². The lowest BCUT2D eigenvalue weighted by atomic mass is 9.82. The first-order valence-corrected chi connectivity index (χ1v) is 21.4. The summed E-state index contributed by atoms with van der Waals surface area (Å²) < 4.78 is 18.6. The average molecular weight is 756 g/mol. The maximum atomic E-state index is 15.2. The van der Waals surface area contributed by atoms with Crippen LogP contribution in [0.25, 0.3) is 0 Å². The zero-order valence-electron chi connectivity index (χ0n) is 31.0. The molecule has 0 unspecified atom stereocenters. The number of methoxy groups -OCH3 is 1. The number of ether oxygens (including phenoxy) is 3. The number of hydrogen-bond acceptors (Lipinski definition) is 8. The fourth-order valence-electron chi connectivity index (χ4n) is 9.01. The van der Waals surface area contributed by atoms with Crippen molar-refractivity contribution in [2.75, 3.05) is 23.5 Å². The van der Waals surface area contributed by atoms with Gasteiger partial charge in [-0.15, -0.1) is 0 Å². The Kier molecular flexibility index (Phi) is 9.07. The van der Waals surface area contributed by atoms with Gasteiger partial charge >= 0.3 is 0 Å². The second-order valence-corrected chi connectivity index (χ2v) is 19.6. The Hall–Kier alpha value is -5.82. The maximum absolute atomic E-state index is 15.2. The van der Waals surface area contributed by atoms with E-state index in [2.05, 4.69) is 25.2 Å². The van der Waals surface area contributed by atoms with E-state index in [9.17, 15) is 20.0 Å². The Bertz CT molecular complexity index is 2330. The molecule has 5 aromatic rings. The van der Waals surface area contributed by atoms with Crippen LogP contribution in [-0.2, 0) is 21.7 Å². The number of carbonyl (C=O) groups is 2. The number of carbonyl (C=O) groups excluding carboxylic acids is 2. The molecule has 12 heteroatoms. The van der Waals surface area contributed by atoms with Gasteiger partial charge < -0.3 is 24.2 Å². The molecule has 0 aliphatic carbocycles. The van der Waals surface area contributed by atoms with Gasteiger partial charge in [0.05, 0.1) is 49.7 Å². The van der Waals surface area contributed by atoms with E-state index in [1.54, 1.807) is 41.2 Å². The number of nitro benzene ring substituents is 1. The molecule has 1 spiro atoms. The van der Waals surface area contributed by atoms with E-state index in [1.807, 2.05) is 73.7 Å². The molecule has 3 aliphatic rings. The van der Waals surface area contributed by atoms with Crippen molar-refractivity contribution in [3.8, 4) is 17.2 Å². The van der Waals surface area contributed by atoms with Gasteiger partial charge in [-0.3, -0.25) is 24.6 Å². The highest BCUT2D eigenvalue weighted by atomic mass is 28.3. The van der Waals surface area contributed by atoms with E-state index in [0.29, 0.717) is 46.1 Å². The highest BCUT2D eigenvalue weighted by Crippen LogP contribution is 2.60. The van der Waals surface area contributed by atoms with Gasteiger partial charge in [0.1, 0.15) is 11.5 Å². The zero-order valence-corrected chi connectivity index (χ0v) is 32.0. The minimum absolute atomic E-state index is 0.112. The lowest BCUT2D eigenvalue weighted by molar-refractivity contribution is -0.385. The standard InChI is InChI=1S/C43H41N3O8Si/c1-27-40(55(3,4)32-19-17-31(52-2)18-20-32)39(22-23-47)54-43(27)34-25-30(46(50)51)16-21-35(34)44(42(43)49)26-28-10-9-11-29(24-28)45-36-13-6-8-15-38(36)53-37-14-7-5-12-33(37)41(45)48/h5-21,24-25,27,39-40,47H,22-23,26H2,1-4H3/t27-,39+,40-,43+/m0/s1. The minimum Gasteiger partial charge on any atom is -0.497 e. The number of benzene rings is 5. The van der Waals surface area contributed by atoms with Crippen LogP contribution < -0.4 is 24.5 Å². The number of anilines is 3. The van der Waals surface area contributed by atoms with Crippen molar-refractivity contribution in [2.45, 2.75) is 50.2 Å². The third kappa shape index (κ3) is 5.79. The van der Waals surface area contributed by atoms with Crippen LogP contribution in [0, 0.1) is 16.0 Å². The number of nitrogens with zero attached hydrogens (tertiary/aromatic N) is 3. The van der Waals surface area contributed by atoms with Gasteiger partial charge in [0.15, 0.2) is 11.4 Å². The van der Waals surface area contributed by atoms with Crippen molar-refractivity contribution < 1.29 is 33.8 Å². The number of hydrogen-bond donors (Lipinski definition) is 1. The second kappa shape index (κ2) is 13.8. The summed E-state index contributed by atoms with van der Waals surface area (Å²) in [6, 6.07) is 34.4. The van der Waals surface area contributed by atoms with E-state index < -0.39 is 30.6 Å². The molecule has 0 radical (unpaired) electrons. The Morgan fingerprint density at radius 1 is 0.891 bits per heavy atom. The van der Waals surface area contributed by atoms with Crippen molar-refractivity contribution in [3.63, 3.8) is 0 Å². The second-order valence-electron chi connectivity index (χ2n) is 14.9.